The Morgan fingerprint density at radius 3 is 2.47 bits per heavy atom. The first kappa shape index (κ1) is 15.2. The first-order valence-electron chi connectivity index (χ1n) is 7.28. The molecule has 1 saturated carbocycles. The van der Waals surface area contributed by atoms with Crippen molar-refractivity contribution in [3.63, 3.8) is 0 Å². The maximum absolute atomic E-state index is 6.41. The summed E-state index contributed by atoms with van der Waals surface area (Å²) in [6.07, 6.45) is 3.51. The van der Waals surface area contributed by atoms with E-state index in [-0.39, 0.29) is 0 Å². The third-order valence-corrected chi connectivity index (χ3v) is 5.82. The summed E-state index contributed by atoms with van der Waals surface area (Å²) in [6, 6.07) is 6.63. The smallest absolute Gasteiger partial charge is 0.0627 e. The lowest BCUT2D eigenvalue weighted by atomic mass is 9.52. The molecule has 2 rings (SSSR count). The van der Waals surface area contributed by atoms with Crippen molar-refractivity contribution in [2.75, 3.05) is 6.54 Å². The average Bonchev–Trinajstić information content (AvgIpc) is 2.40. The Morgan fingerprint density at radius 2 is 1.89 bits per heavy atom. The van der Waals surface area contributed by atoms with Crippen LogP contribution in [-0.4, -0.2) is 12.6 Å². The third kappa shape index (κ3) is 2.41. The van der Waals surface area contributed by atoms with E-state index in [4.69, 9.17) is 23.2 Å². The van der Waals surface area contributed by atoms with Crippen LogP contribution in [0.1, 0.15) is 51.5 Å². The van der Waals surface area contributed by atoms with Crippen LogP contribution in [0.25, 0.3) is 0 Å². The fourth-order valence-electron chi connectivity index (χ4n) is 3.78. The summed E-state index contributed by atoms with van der Waals surface area (Å²) in [7, 11) is 0. The van der Waals surface area contributed by atoms with Crippen LogP contribution >= 0.6 is 23.2 Å². The number of rotatable bonds is 5. The van der Waals surface area contributed by atoms with E-state index in [0.29, 0.717) is 22.4 Å². The van der Waals surface area contributed by atoms with Crippen LogP contribution in [0.2, 0.25) is 10.0 Å². The molecule has 0 spiro atoms. The topological polar surface area (TPSA) is 12.0 Å². The Kier molecular flexibility index (Phi) is 4.81. The molecule has 0 aliphatic heterocycles. The molecule has 1 aromatic carbocycles. The van der Waals surface area contributed by atoms with Crippen LogP contribution in [0.4, 0.5) is 0 Å². The first-order chi connectivity index (χ1) is 9.10. The van der Waals surface area contributed by atoms with Gasteiger partial charge in [0.1, 0.15) is 0 Å². The van der Waals surface area contributed by atoms with Crippen LogP contribution in [0.3, 0.4) is 0 Å². The van der Waals surface area contributed by atoms with Gasteiger partial charge in [0.2, 0.25) is 0 Å². The molecule has 0 heterocycles. The van der Waals surface area contributed by atoms with Crippen molar-refractivity contribution in [1.82, 2.24) is 5.32 Å². The highest BCUT2D eigenvalue weighted by Crippen LogP contribution is 2.58. The molecule has 1 N–H and O–H groups in total. The second kappa shape index (κ2) is 6.03. The minimum Gasteiger partial charge on any atom is -0.314 e. The van der Waals surface area contributed by atoms with E-state index in [1.807, 2.05) is 12.1 Å². The van der Waals surface area contributed by atoms with Crippen molar-refractivity contribution in [3.05, 3.63) is 33.8 Å². The molecule has 1 aliphatic rings. The van der Waals surface area contributed by atoms with Crippen LogP contribution in [0.15, 0.2) is 18.2 Å². The lowest BCUT2D eigenvalue weighted by Gasteiger charge is -2.57. The van der Waals surface area contributed by atoms with Gasteiger partial charge in [-0.25, -0.2) is 0 Å². The van der Waals surface area contributed by atoms with Crippen LogP contribution in [-0.2, 0) is 0 Å². The normalized spacial score (nSPS) is 25.1. The van der Waals surface area contributed by atoms with Gasteiger partial charge in [0, 0.05) is 6.04 Å². The molecule has 1 nitrogen and oxygen atoms in total. The molecule has 106 valence electrons. The number of halogens is 2. The minimum absolute atomic E-state index is 0.324. The SMILES string of the molecule is CCNC1CC(c2cccc(Cl)c2Cl)C1(CC)CC. The quantitative estimate of drug-likeness (QED) is 0.781. The van der Waals surface area contributed by atoms with E-state index >= 15 is 0 Å². The van der Waals surface area contributed by atoms with E-state index < -0.39 is 0 Å². The summed E-state index contributed by atoms with van der Waals surface area (Å²) < 4.78 is 0. The summed E-state index contributed by atoms with van der Waals surface area (Å²) >= 11 is 12.6. The molecule has 1 fully saturated rings. The summed E-state index contributed by atoms with van der Waals surface area (Å²) in [4.78, 5) is 0. The van der Waals surface area contributed by atoms with Crippen molar-refractivity contribution < 1.29 is 0 Å². The van der Waals surface area contributed by atoms with Crippen molar-refractivity contribution >= 4 is 23.2 Å². The minimum atomic E-state index is 0.324. The monoisotopic (exact) mass is 299 g/mol. The van der Waals surface area contributed by atoms with Gasteiger partial charge in [0.05, 0.1) is 10.0 Å². The van der Waals surface area contributed by atoms with Gasteiger partial charge in [-0.15, -0.1) is 0 Å². The van der Waals surface area contributed by atoms with Gasteiger partial charge in [-0.2, -0.15) is 0 Å². The summed E-state index contributed by atoms with van der Waals surface area (Å²) in [5.41, 5.74) is 1.55. The third-order valence-electron chi connectivity index (χ3n) is 4.98. The van der Waals surface area contributed by atoms with Gasteiger partial charge in [0.25, 0.3) is 0 Å². The Morgan fingerprint density at radius 1 is 1.21 bits per heavy atom. The van der Waals surface area contributed by atoms with E-state index in [9.17, 15) is 0 Å². The number of hydrogen-bond acceptors (Lipinski definition) is 1. The Balaban J connectivity index is 2.33. The molecule has 0 amide bonds. The second-order valence-corrected chi connectivity index (χ2v) is 6.27. The summed E-state index contributed by atoms with van der Waals surface area (Å²) in [5, 5.41) is 5.05. The maximum Gasteiger partial charge on any atom is 0.0627 e. The van der Waals surface area contributed by atoms with E-state index in [1.54, 1.807) is 0 Å². The van der Waals surface area contributed by atoms with Gasteiger partial charge >= 0.3 is 0 Å². The van der Waals surface area contributed by atoms with Crippen molar-refractivity contribution in [2.45, 2.75) is 52.0 Å². The lowest BCUT2D eigenvalue weighted by Crippen LogP contribution is -2.58. The van der Waals surface area contributed by atoms with Gasteiger partial charge in [-0.3, -0.25) is 0 Å². The van der Waals surface area contributed by atoms with Crippen LogP contribution in [0, 0.1) is 5.41 Å². The number of benzene rings is 1. The average molecular weight is 300 g/mol. The lowest BCUT2D eigenvalue weighted by molar-refractivity contribution is 0.0211. The standard InChI is InChI=1S/C16H23Cl2N/c1-4-16(5-2)12(10-14(16)19-6-3)11-8-7-9-13(17)15(11)18/h7-9,12,14,19H,4-6,10H2,1-3H3. The predicted molar refractivity (Wildman–Crippen MR) is 84.3 cm³/mol. The summed E-state index contributed by atoms with van der Waals surface area (Å²) in [5.74, 6) is 0.526. The molecular formula is C16H23Cl2N. The first-order valence-corrected chi connectivity index (χ1v) is 8.03. The van der Waals surface area contributed by atoms with Crippen molar-refractivity contribution in [2.24, 2.45) is 5.41 Å². The van der Waals surface area contributed by atoms with Gasteiger partial charge < -0.3 is 5.32 Å². The highest BCUT2D eigenvalue weighted by Gasteiger charge is 2.52. The van der Waals surface area contributed by atoms with Crippen LogP contribution in [0.5, 0.6) is 0 Å². The molecule has 0 saturated heterocycles. The molecule has 1 aliphatic carbocycles. The molecular weight excluding hydrogens is 277 g/mol. The van der Waals surface area contributed by atoms with Gasteiger partial charge in [0.15, 0.2) is 0 Å². The molecule has 2 atom stereocenters. The number of nitrogens with one attached hydrogen (secondary N) is 1. The van der Waals surface area contributed by atoms with E-state index in [0.717, 1.165) is 18.0 Å². The largest absolute Gasteiger partial charge is 0.314 e. The maximum atomic E-state index is 6.41. The fraction of sp³-hybridized carbons (Fsp3) is 0.625. The summed E-state index contributed by atoms with van der Waals surface area (Å²) in [6.45, 7) is 7.79. The Hall–Kier alpha value is -0.240. The zero-order chi connectivity index (χ0) is 14.0. The second-order valence-electron chi connectivity index (χ2n) is 5.48. The molecule has 0 bridgehead atoms. The molecule has 3 heteroatoms. The zero-order valence-electron chi connectivity index (χ0n) is 12.0. The Bertz CT molecular complexity index is 440. The van der Waals surface area contributed by atoms with Crippen LogP contribution < -0.4 is 5.32 Å². The molecule has 0 radical (unpaired) electrons. The molecule has 19 heavy (non-hydrogen) atoms. The predicted octanol–water partition coefficient (Wildman–Crippen LogP) is 5.27. The molecule has 1 aromatic rings. The highest BCUT2D eigenvalue weighted by molar-refractivity contribution is 6.42. The Labute approximate surface area is 126 Å². The fourth-order valence-corrected chi connectivity index (χ4v) is 4.22. The van der Waals surface area contributed by atoms with Crippen molar-refractivity contribution in [3.8, 4) is 0 Å². The number of hydrogen-bond donors (Lipinski definition) is 1. The van der Waals surface area contributed by atoms with Gasteiger partial charge in [-0.05, 0) is 48.8 Å². The van der Waals surface area contributed by atoms with E-state index in [1.165, 1.54) is 18.4 Å². The zero-order valence-corrected chi connectivity index (χ0v) is 13.5. The van der Waals surface area contributed by atoms with Crippen molar-refractivity contribution in [1.29, 1.82) is 0 Å². The van der Waals surface area contributed by atoms with E-state index in [2.05, 4.69) is 32.2 Å². The molecule has 2 unspecified atom stereocenters. The highest BCUT2D eigenvalue weighted by atomic mass is 35.5. The molecule has 0 aromatic heterocycles. The van der Waals surface area contributed by atoms with Gasteiger partial charge in [-0.1, -0.05) is 56.1 Å².